The second-order valence-corrected chi connectivity index (χ2v) is 7.68. The van der Waals surface area contributed by atoms with Crippen molar-refractivity contribution >= 4 is 20.6 Å². The van der Waals surface area contributed by atoms with Crippen molar-refractivity contribution in [2.75, 3.05) is 5.75 Å². The summed E-state index contributed by atoms with van der Waals surface area (Å²) < 4.78 is 24.7. The zero-order chi connectivity index (χ0) is 14.8. The van der Waals surface area contributed by atoms with Crippen molar-refractivity contribution in [1.29, 1.82) is 5.26 Å². The number of nitrogens with zero attached hydrogens (tertiary/aromatic N) is 1. The Kier molecular flexibility index (Phi) is 3.82. The Labute approximate surface area is 119 Å². The lowest BCUT2D eigenvalue weighted by Crippen LogP contribution is -2.16. The number of sulfone groups is 1. The monoisotopic (exact) mass is 287 g/mol. The number of hydrogen-bond acceptors (Lipinski definition) is 3. The molecule has 0 aliphatic carbocycles. The Hall–Kier alpha value is -1.86. The Balaban J connectivity index is 2.30. The van der Waals surface area contributed by atoms with Gasteiger partial charge in [-0.3, -0.25) is 0 Å². The fourth-order valence-corrected chi connectivity index (χ4v) is 3.52. The first-order valence-corrected chi connectivity index (χ1v) is 8.12. The molecular weight excluding hydrogens is 270 g/mol. The summed E-state index contributed by atoms with van der Waals surface area (Å²) >= 11 is 0. The van der Waals surface area contributed by atoms with Crippen LogP contribution in [-0.4, -0.2) is 14.2 Å². The SMILES string of the molecule is CC(C)(C#N)CCS(=O)(=O)c1ccc2ccccc2c1. The van der Waals surface area contributed by atoms with E-state index in [9.17, 15) is 8.42 Å². The van der Waals surface area contributed by atoms with Crippen LogP contribution in [0.25, 0.3) is 10.8 Å². The normalized spacial score (nSPS) is 12.2. The van der Waals surface area contributed by atoms with Gasteiger partial charge >= 0.3 is 0 Å². The summed E-state index contributed by atoms with van der Waals surface area (Å²) in [7, 11) is -3.35. The van der Waals surface area contributed by atoms with Crippen LogP contribution < -0.4 is 0 Å². The van der Waals surface area contributed by atoms with Gasteiger partial charge in [-0.25, -0.2) is 8.42 Å². The van der Waals surface area contributed by atoms with Crippen LogP contribution in [-0.2, 0) is 9.84 Å². The zero-order valence-corrected chi connectivity index (χ0v) is 12.4. The largest absolute Gasteiger partial charge is 0.224 e. The Morgan fingerprint density at radius 2 is 1.75 bits per heavy atom. The number of nitriles is 1. The van der Waals surface area contributed by atoms with Gasteiger partial charge < -0.3 is 0 Å². The third-order valence-electron chi connectivity index (χ3n) is 3.38. The minimum absolute atomic E-state index is 0.00804. The predicted octanol–water partition coefficient (Wildman–Crippen LogP) is 3.55. The van der Waals surface area contributed by atoms with E-state index in [1.54, 1.807) is 26.0 Å². The van der Waals surface area contributed by atoms with E-state index < -0.39 is 15.3 Å². The van der Waals surface area contributed by atoms with Crippen LogP contribution in [0.4, 0.5) is 0 Å². The summed E-state index contributed by atoms with van der Waals surface area (Å²) in [5.41, 5.74) is -0.621. The standard InChI is InChI=1S/C16H17NO2S/c1-16(2,12-17)9-10-20(18,19)15-8-7-13-5-3-4-6-14(13)11-15/h3-8,11H,9-10H2,1-2H3. The average molecular weight is 287 g/mol. The van der Waals surface area contributed by atoms with E-state index in [1.165, 1.54) is 0 Å². The Bertz CT molecular complexity index is 770. The molecule has 0 fully saturated rings. The molecule has 0 aromatic heterocycles. The zero-order valence-electron chi connectivity index (χ0n) is 11.6. The minimum Gasteiger partial charge on any atom is -0.224 e. The molecule has 0 unspecified atom stereocenters. The van der Waals surface area contributed by atoms with E-state index in [4.69, 9.17) is 5.26 Å². The van der Waals surface area contributed by atoms with E-state index in [0.29, 0.717) is 11.3 Å². The average Bonchev–Trinajstić information content (AvgIpc) is 2.45. The lowest BCUT2D eigenvalue weighted by Gasteiger charge is -2.14. The summed E-state index contributed by atoms with van der Waals surface area (Å²) in [4.78, 5) is 0.324. The highest BCUT2D eigenvalue weighted by molar-refractivity contribution is 7.91. The van der Waals surface area contributed by atoms with Crippen LogP contribution in [0, 0.1) is 16.7 Å². The molecule has 0 heterocycles. The molecule has 2 aromatic carbocycles. The number of fused-ring (bicyclic) bond motifs is 1. The molecular formula is C16H17NO2S. The van der Waals surface area contributed by atoms with Crippen molar-refractivity contribution in [1.82, 2.24) is 0 Å². The summed E-state index contributed by atoms with van der Waals surface area (Å²) in [5, 5.41) is 10.9. The van der Waals surface area contributed by atoms with Gasteiger partial charge in [-0.05, 0) is 43.2 Å². The molecule has 0 atom stereocenters. The van der Waals surface area contributed by atoms with E-state index >= 15 is 0 Å². The van der Waals surface area contributed by atoms with Crippen LogP contribution in [0.1, 0.15) is 20.3 Å². The molecule has 0 amide bonds. The van der Waals surface area contributed by atoms with Gasteiger partial charge in [-0.15, -0.1) is 0 Å². The second kappa shape index (κ2) is 5.26. The van der Waals surface area contributed by atoms with Crippen LogP contribution in [0.2, 0.25) is 0 Å². The van der Waals surface area contributed by atoms with Gasteiger partial charge in [0, 0.05) is 0 Å². The fraction of sp³-hybridized carbons (Fsp3) is 0.312. The fourth-order valence-electron chi connectivity index (χ4n) is 1.92. The molecule has 3 nitrogen and oxygen atoms in total. The molecule has 0 radical (unpaired) electrons. The van der Waals surface area contributed by atoms with E-state index in [0.717, 1.165) is 10.8 Å². The van der Waals surface area contributed by atoms with Crippen LogP contribution in [0.15, 0.2) is 47.4 Å². The lowest BCUT2D eigenvalue weighted by atomic mass is 9.93. The molecule has 2 rings (SSSR count). The quantitative estimate of drug-likeness (QED) is 0.864. The lowest BCUT2D eigenvalue weighted by molar-refractivity contribution is 0.473. The molecule has 0 saturated carbocycles. The van der Waals surface area contributed by atoms with Crippen LogP contribution in [0.3, 0.4) is 0 Å². The van der Waals surface area contributed by atoms with Gasteiger partial charge in [0.1, 0.15) is 0 Å². The Morgan fingerprint density at radius 1 is 1.10 bits per heavy atom. The molecule has 0 N–H and O–H groups in total. The molecule has 0 aliphatic rings. The Morgan fingerprint density at radius 3 is 2.40 bits per heavy atom. The van der Waals surface area contributed by atoms with Crippen LogP contribution in [0.5, 0.6) is 0 Å². The molecule has 0 aliphatic heterocycles. The smallest absolute Gasteiger partial charge is 0.178 e. The minimum atomic E-state index is -3.35. The molecule has 0 bridgehead atoms. The van der Waals surface area contributed by atoms with E-state index in [-0.39, 0.29) is 5.75 Å². The highest BCUT2D eigenvalue weighted by Crippen LogP contribution is 2.24. The van der Waals surface area contributed by atoms with Crippen molar-refractivity contribution < 1.29 is 8.42 Å². The number of benzene rings is 2. The maximum Gasteiger partial charge on any atom is 0.178 e. The maximum absolute atomic E-state index is 12.3. The topological polar surface area (TPSA) is 57.9 Å². The first-order valence-electron chi connectivity index (χ1n) is 6.47. The van der Waals surface area contributed by atoms with E-state index in [1.807, 2.05) is 30.3 Å². The number of hydrogen-bond donors (Lipinski definition) is 0. The highest BCUT2D eigenvalue weighted by atomic mass is 32.2. The van der Waals surface area contributed by atoms with Crippen molar-refractivity contribution in [3.05, 3.63) is 42.5 Å². The van der Waals surface area contributed by atoms with Gasteiger partial charge in [0.15, 0.2) is 9.84 Å². The summed E-state index contributed by atoms with van der Waals surface area (Å²) in [6.07, 6.45) is 0.332. The maximum atomic E-state index is 12.3. The van der Waals surface area contributed by atoms with Gasteiger partial charge in [0.2, 0.25) is 0 Å². The van der Waals surface area contributed by atoms with Crippen molar-refractivity contribution in [3.8, 4) is 6.07 Å². The van der Waals surface area contributed by atoms with Gasteiger partial charge in [-0.2, -0.15) is 5.26 Å². The van der Waals surface area contributed by atoms with Crippen molar-refractivity contribution in [2.24, 2.45) is 5.41 Å². The van der Waals surface area contributed by atoms with Crippen molar-refractivity contribution in [3.63, 3.8) is 0 Å². The molecule has 20 heavy (non-hydrogen) atoms. The van der Waals surface area contributed by atoms with Crippen molar-refractivity contribution in [2.45, 2.75) is 25.2 Å². The molecule has 2 aromatic rings. The van der Waals surface area contributed by atoms with E-state index in [2.05, 4.69) is 6.07 Å². The van der Waals surface area contributed by atoms with Gasteiger partial charge in [0.25, 0.3) is 0 Å². The first-order chi connectivity index (χ1) is 9.34. The molecule has 4 heteroatoms. The summed E-state index contributed by atoms with van der Waals surface area (Å²) in [6, 6.07) is 14.9. The van der Waals surface area contributed by atoms with Crippen LogP contribution >= 0.6 is 0 Å². The summed E-state index contributed by atoms with van der Waals surface area (Å²) in [5.74, 6) is -0.00804. The summed E-state index contributed by atoms with van der Waals surface area (Å²) in [6.45, 7) is 3.51. The predicted molar refractivity (Wildman–Crippen MR) is 80.0 cm³/mol. The first kappa shape index (κ1) is 14.5. The number of rotatable bonds is 4. The molecule has 0 spiro atoms. The molecule has 0 saturated heterocycles. The third kappa shape index (κ3) is 3.17. The van der Waals surface area contributed by atoms with Gasteiger partial charge in [0.05, 0.1) is 22.1 Å². The third-order valence-corrected chi connectivity index (χ3v) is 5.09. The van der Waals surface area contributed by atoms with Gasteiger partial charge in [-0.1, -0.05) is 30.3 Å². The highest BCUT2D eigenvalue weighted by Gasteiger charge is 2.22. The second-order valence-electron chi connectivity index (χ2n) is 5.57. The molecule has 104 valence electrons.